The molecule has 0 bridgehead atoms. The van der Waals surface area contributed by atoms with Crippen molar-refractivity contribution in [2.24, 2.45) is 0 Å². The summed E-state index contributed by atoms with van der Waals surface area (Å²) in [6.45, 7) is 0.283. The molecule has 26 heavy (non-hydrogen) atoms. The molecule has 1 N–H and O–H groups in total. The number of hydrogen-bond donors (Lipinski definition) is 1. The molecule has 4 rings (SSSR count). The molecule has 0 aromatic heterocycles. The van der Waals surface area contributed by atoms with Crippen LogP contribution in [0.4, 0.5) is 5.69 Å². The van der Waals surface area contributed by atoms with Gasteiger partial charge in [0.15, 0.2) is 0 Å². The van der Waals surface area contributed by atoms with Crippen LogP contribution in [0.5, 0.6) is 11.5 Å². The Balaban J connectivity index is 1.57. The third-order valence-electron chi connectivity index (χ3n) is 4.56. The highest BCUT2D eigenvalue weighted by Crippen LogP contribution is 2.42. The molecule has 4 nitrogen and oxygen atoms in total. The molecule has 130 valence electrons. The standard InChI is InChI=1S/C22H20N2O2/c1-24(16-9-3-2-4-10-16)15-21(25)23-22-17-11-5-7-13-19(17)26-20-14-8-6-12-18(20)22/h2-14,22H,15H2,1H3,(H,23,25). The highest BCUT2D eigenvalue weighted by atomic mass is 16.5. The van der Waals surface area contributed by atoms with Crippen LogP contribution in [0.1, 0.15) is 17.2 Å². The molecule has 1 amide bonds. The second-order valence-corrected chi connectivity index (χ2v) is 6.37. The van der Waals surface area contributed by atoms with E-state index in [0.717, 1.165) is 28.3 Å². The van der Waals surface area contributed by atoms with Gasteiger partial charge >= 0.3 is 0 Å². The molecule has 1 heterocycles. The monoisotopic (exact) mass is 344 g/mol. The van der Waals surface area contributed by atoms with Gasteiger partial charge < -0.3 is 15.0 Å². The Kier molecular flexibility index (Phi) is 4.32. The Bertz CT molecular complexity index is 879. The summed E-state index contributed by atoms with van der Waals surface area (Å²) in [4.78, 5) is 14.7. The fraction of sp³-hybridized carbons (Fsp3) is 0.136. The van der Waals surface area contributed by atoms with Gasteiger partial charge in [0.25, 0.3) is 0 Å². The smallest absolute Gasteiger partial charge is 0.240 e. The quantitative estimate of drug-likeness (QED) is 0.774. The molecule has 3 aromatic carbocycles. The van der Waals surface area contributed by atoms with Crippen molar-refractivity contribution >= 4 is 11.6 Å². The normalized spacial score (nSPS) is 12.5. The zero-order valence-corrected chi connectivity index (χ0v) is 14.6. The van der Waals surface area contributed by atoms with Gasteiger partial charge in [-0.3, -0.25) is 4.79 Å². The summed E-state index contributed by atoms with van der Waals surface area (Å²) >= 11 is 0. The number of anilines is 1. The van der Waals surface area contributed by atoms with Crippen molar-refractivity contribution in [1.82, 2.24) is 5.32 Å². The van der Waals surface area contributed by atoms with Gasteiger partial charge in [0.05, 0.1) is 12.6 Å². The predicted molar refractivity (Wildman–Crippen MR) is 103 cm³/mol. The van der Waals surface area contributed by atoms with Gasteiger partial charge in [0, 0.05) is 23.9 Å². The molecular weight excluding hydrogens is 324 g/mol. The van der Waals surface area contributed by atoms with E-state index in [2.05, 4.69) is 5.32 Å². The topological polar surface area (TPSA) is 41.6 Å². The lowest BCUT2D eigenvalue weighted by atomic mass is 9.94. The number of hydrogen-bond acceptors (Lipinski definition) is 3. The van der Waals surface area contributed by atoms with Gasteiger partial charge in [0.2, 0.25) is 5.91 Å². The minimum atomic E-state index is -0.215. The number of carbonyl (C=O) groups is 1. The Labute approximate surface area is 153 Å². The van der Waals surface area contributed by atoms with Gasteiger partial charge in [-0.1, -0.05) is 54.6 Å². The van der Waals surface area contributed by atoms with Gasteiger partial charge in [0.1, 0.15) is 11.5 Å². The van der Waals surface area contributed by atoms with Crippen molar-refractivity contribution in [3.05, 3.63) is 90.0 Å². The zero-order valence-electron chi connectivity index (χ0n) is 14.6. The third kappa shape index (κ3) is 3.14. The number of carbonyl (C=O) groups excluding carboxylic acids is 1. The van der Waals surface area contributed by atoms with Crippen molar-refractivity contribution in [2.45, 2.75) is 6.04 Å². The third-order valence-corrected chi connectivity index (χ3v) is 4.56. The summed E-state index contributed by atoms with van der Waals surface area (Å²) in [6, 6.07) is 25.3. The van der Waals surface area contributed by atoms with Gasteiger partial charge in [-0.2, -0.15) is 0 Å². The number of nitrogens with zero attached hydrogens (tertiary/aromatic N) is 1. The van der Waals surface area contributed by atoms with Crippen molar-refractivity contribution in [3.8, 4) is 11.5 Å². The first-order valence-electron chi connectivity index (χ1n) is 8.63. The van der Waals surface area contributed by atoms with E-state index in [1.54, 1.807) is 0 Å². The van der Waals surface area contributed by atoms with Gasteiger partial charge in [-0.15, -0.1) is 0 Å². The summed E-state index contributed by atoms with van der Waals surface area (Å²) < 4.78 is 5.98. The maximum absolute atomic E-state index is 12.7. The molecule has 0 unspecified atom stereocenters. The molecule has 0 spiro atoms. The molecule has 0 saturated carbocycles. The molecule has 1 aliphatic heterocycles. The molecule has 0 radical (unpaired) electrons. The number of ether oxygens (including phenoxy) is 1. The van der Waals surface area contributed by atoms with E-state index in [9.17, 15) is 4.79 Å². The molecule has 1 aliphatic rings. The summed E-state index contributed by atoms with van der Waals surface area (Å²) in [6.07, 6.45) is 0. The van der Waals surface area contributed by atoms with E-state index in [-0.39, 0.29) is 18.5 Å². The first-order valence-corrected chi connectivity index (χ1v) is 8.63. The van der Waals surface area contributed by atoms with E-state index >= 15 is 0 Å². The number of nitrogens with one attached hydrogen (secondary N) is 1. The largest absolute Gasteiger partial charge is 0.457 e. The van der Waals surface area contributed by atoms with Crippen molar-refractivity contribution in [2.75, 3.05) is 18.5 Å². The molecule has 0 aliphatic carbocycles. The maximum Gasteiger partial charge on any atom is 0.240 e. The van der Waals surface area contributed by atoms with Crippen molar-refractivity contribution < 1.29 is 9.53 Å². The van der Waals surface area contributed by atoms with E-state index in [4.69, 9.17) is 4.74 Å². The van der Waals surface area contributed by atoms with Crippen molar-refractivity contribution in [3.63, 3.8) is 0 Å². The molecule has 0 atom stereocenters. The maximum atomic E-state index is 12.7. The Morgan fingerprint density at radius 2 is 1.42 bits per heavy atom. The highest BCUT2D eigenvalue weighted by molar-refractivity contribution is 5.82. The first-order chi connectivity index (χ1) is 12.7. The first kappa shape index (κ1) is 16.2. The summed E-state index contributed by atoms with van der Waals surface area (Å²) in [7, 11) is 1.92. The van der Waals surface area contributed by atoms with Crippen LogP contribution >= 0.6 is 0 Å². The molecule has 0 saturated heterocycles. The summed E-state index contributed by atoms with van der Waals surface area (Å²) in [5, 5.41) is 3.17. The SMILES string of the molecule is CN(CC(=O)NC1c2ccccc2Oc2ccccc21)c1ccccc1. The van der Waals surface area contributed by atoms with Crippen molar-refractivity contribution in [1.29, 1.82) is 0 Å². The molecule has 0 fully saturated rings. The number of para-hydroxylation sites is 3. The van der Waals surface area contributed by atoms with Crippen LogP contribution in [-0.2, 0) is 4.79 Å². The number of likely N-dealkylation sites (N-methyl/N-ethyl adjacent to an activating group) is 1. The lowest BCUT2D eigenvalue weighted by Gasteiger charge is -2.29. The Morgan fingerprint density at radius 1 is 0.885 bits per heavy atom. The lowest BCUT2D eigenvalue weighted by molar-refractivity contribution is -0.120. The Hall–Kier alpha value is -3.27. The second-order valence-electron chi connectivity index (χ2n) is 6.37. The van der Waals surface area contributed by atoms with Crippen LogP contribution in [0, 0.1) is 0 Å². The van der Waals surface area contributed by atoms with Crippen LogP contribution in [-0.4, -0.2) is 19.5 Å². The number of benzene rings is 3. The fourth-order valence-electron chi connectivity index (χ4n) is 3.26. The van der Waals surface area contributed by atoms with Gasteiger partial charge in [-0.05, 0) is 24.3 Å². The number of rotatable bonds is 4. The average molecular weight is 344 g/mol. The zero-order chi connectivity index (χ0) is 17.9. The van der Waals surface area contributed by atoms with Crippen LogP contribution in [0.3, 0.4) is 0 Å². The fourth-order valence-corrected chi connectivity index (χ4v) is 3.26. The van der Waals surface area contributed by atoms with Crippen LogP contribution in [0.25, 0.3) is 0 Å². The predicted octanol–water partition coefficient (Wildman–Crippen LogP) is 4.13. The Morgan fingerprint density at radius 3 is 2.04 bits per heavy atom. The van der Waals surface area contributed by atoms with E-state index in [1.165, 1.54) is 0 Å². The van der Waals surface area contributed by atoms with E-state index in [1.807, 2.05) is 90.8 Å². The number of amides is 1. The lowest BCUT2D eigenvalue weighted by Crippen LogP contribution is -2.38. The van der Waals surface area contributed by atoms with E-state index < -0.39 is 0 Å². The average Bonchev–Trinajstić information content (AvgIpc) is 2.68. The van der Waals surface area contributed by atoms with Crippen LogP contribution < -0.4 is 15.0 Å². The van der Waals surface area contributed by atoms with Gasteiger partial charge in [-0.25, -0.2) is 0 Å². The summed E-state index contributed by atoms with van der Waals surface area (Å²) in [5.74, 6) is 1.54. The minimum Gasteiger partial charge on any atom is -0.457 e. The summed E-state index contributed by atoms with van der Waals surface area (Å²) in [5.41, 5.74) is 2.96. The van der Waals surface area contributed by atoms with Crippen LogP contribution in [0.2, 0.25) is 0 Å². The second kappa shape index (κ2) is 6.92. The van der Waals surface area contributed by atoms with E-state index in [0.29, 0.717) is 0 Å². The highest BCUT2D eigenvalue weighted by Gasteiger charge is 2.28. The molecule has 3 aromatic rings. The van der Waals surface area contributed by atoms with Crippen LogP contribution in [0.15, 0.2) is 78.9 Å². The number of fused-ring (bicyclic) bond motifs is 2. The molecule has 4 heteroatoms. The minimum absolute atomic E-state index is 0.0344. The molecular formula is C22H20N2O2.